The lowest BCUT2D eigenvalue weighted by molar-refractivity contribution is 0.182. The van der Waals surface area contributed by atoms with E-state index in [9.17, 15) is 0 Å². The Bertz CT molecular complexity index is 579. The summed E-state index contributed by atoms with van der Waals surface area (Å²) < 4.78 is 5.72. The van der Waals surface area contributed by atoms with Gasteiger partial charge in [-0.05, 0) is 39.8 Å². The van der Waals surface area contributed by atoms with Crippen LogP contribution in [-0.2, 0) is 0 Å². The van der Waals surface area contributed by atoms with E-state index in [-0.39, 0.29) is 0 Å². The Kier molecular flexibility index (Phi) is 6.35. The molecule has 0 saturated heterocycles. The molecule has 0 fully saturated rings. The Labute approximate surface area is 138 Å². The highest BCUT2D eigenvalue weighted by molar-refractivity contribution is 5.38. The number of rotatable bonds is 8. The molecule has 1 N–H and O–H groups in total. The number of para-hydroxylation sites is 1. The normalized spacial score (nSPS) is 11.3. The lowest BCUT2D eigenvalue weighted by Gasteiger charge is -2.30. The van der Waals surface area contributed by atoms with Gasteiger partial charge in [-0.15, -0.1) is 0 Å². The van der Waals surface area contributed by atoms with Crippen molar-refractivity contribution in [3.05, 3.63) is 42.7 Å². The maximum Gasteiger partial charge on any atom is 0.224 e. The van der Waals surface area contributed by atoms with Crippen LogP contribution >= 0.6 is 0 Å². The molecule has 2 rings (SSSR count). The Morgan fingerprint density at radius 2 is 1.74 bits per heavy atom. The molecule has 0 aliphatic rings. The molecule has 1 aromatic heterocycles. The average Bonchev–Trinajstić information content (AvgIpc) is 2.52. The van der Waals surface area contributed by atoms with Crippen molar-refractivity contribution in [3.63, 3.8) is 0 Å². The first kappa shape index (κ1) is 17.2. The van der Waals surface area contributed by atoms with Crippen LogP contribution in [0.5, 0.6) is 11.6 Å². The minimum absolute atomic E-state index is 0.527. The predicted molar refractivity (Wildman–Crippen MR) is 94.0 cm³/mol. The molecule has 0 saturated carbocycles. The molecular formula is C18H26N4O. The standard InChI is InChI=1S/C18H26N4O/c1-14(2)22(15(3)4)11-10-19-17-12-18(21-13-20-17)23-16-8-6-5-7-9-16/h5-9,12-15H,10-11H2,1-4H3,(H,19,20,21). The van der Waals surface area contributed by atoms with E-state index in [4.69, 9.17) is 4.74 Å². The van der Waals surface area contributed by atoms with Gasteiger partial charge in [-0.3, -0.25) is 4.90 Å². The second-order valence-corrected chi connectivity index (χ2v) is 6.01. The van der Waals surface area contributed by atoms with Gasteiger partial charge in [0.15, 0.2) is 0 Å². The first-order valence-corrected chi connectivity index (χ1v) is 8.11. The summed E-state index contributed by atoms with van der Waals surface area (Å²) in [5.74, 6) is 2.08. The van der Waals surface area contributed by atoms with Crippen molar-refractivity contribution in [2.45, 2.75) is 39.8 Å². The van der Waals surface area contributed by atoms with Crippen LogP contribution in [0.3, 0.4) is 0 Å². The molecule has 0 aliphatic carbocycles. The number of ether oxygens (including phenoxy) is 1. The van der Waals surface area contributed by atoms with Gasteiger partial charge in [0.2, 0.25) is 5.88 Å². The Morgan fingerprint density at radius 3 is 2.39 bits per heavy atom. The van der Waals surface area contributed by atoms with E-state index in [1.807, 2.05) is 36.4 Å². The van der Waals surface area contributed by atoms with Gasteiger partial charge in [0.05, 0.1) is 0 Å². The summed E-state index contributed by atoms with van der Waals surface area (Å²) in [5.41, 5.74) is 0. The molecule has 0 aliphatic heterocycles. The van der Waals surface area contributed by atoms with E-state index >= 15 is 0 Å². The van der Waals surface area contributed by atoms with E-state index in [2.05, 4.69) is 47.9 Å². The highest BCUT2D eigenvalue weighted by Crippen LogP contribution is 2.19. The maximum absolute atomic E-state index is 5.72. The number of aromatic nitrogens is 2. The van der Waals surface area contributed by atoms with Crippen LogP contribution in [-0.4, -0.2) is 40.0 Å². The third kappa shape index (κ3) is 5.53. The Balaban J connectivity index is 1.90. The molecule has 2 aromatic rings. The lowest BCUT2D eigenvalue weighted by atomic mass is 10.2. The van der Waals surface area contributed by atoms with Gasteiger partial charge in [-0.25, -0.2) is 9.97 Å². The molecule has 0 unspecified atom stereocenters. The summed E-state index contributed by atoms with van der Waals surface area (Å²) in [4.78, 5) is 10.8. The first-order valence-electron chi connectivity index (χ1n) is 8.11. The summed E-state index contributed by atoms with van der Waals surface area (Å²) in [7, 11) is 0. The van der Waals surface area contributed by atoms with E-state index in [0.717, 1.165) is 24.7 Å². The van der Waals surface area contributed by atoms with Crippen LogP contribution in [0.15, 0.2) is 42.7 Å². The summed E-state index contributed by atoms with van der Waals surface area (Å²) in [5, 5.41) is 3.34. The molecule has 5 nitrogen and oxygen atoms in total. The lowest BCUT2D eigenvalue weighted by Crippen LogP contribution is -2.40. The van der Waals surface area contributed by atoms with E-state index < -0.39 is 0 Å². The molecule has 0 spiro atoms. The number of nitrogens with zero attached hydrogens (tertiary/aromatic N) is 3. The fourth-order valence-corrected chi connectivity index (χ4v) is 2.53. The van der Waals surface area contributed by atoms with Gasteiger partial charge < -0.3 is 10.1 Å². The second-order valence-electron chi connectivity index (χ2n) is 6.01. The van der Waals surface area contributed by atoms with Crippen molar-refractivity contribution in [1.29, 1.82) is 0 Å². The quantitative estimate of drug-likeness (QED) is 0.803. The van der Waals surface area contributed by atoms with Crippen molar-refractivity contribution >= 4 is 5.82 Å². The zero-order valence-electron chi connectivity index (χ0n) is 14.4. The van der Waals surface area contributed by atoms with Crippen molar-refractivity contribution < 1.29 is 4.74 Å². The number of nitrogens with one attached hydrogen (secondary N) is 1. The minimum Gasteiger partial charge on any atom is -0.439 e. The highest BCUT2D eigenvalue weighted by atomic mass is 16.5. The summed E-state index contributed by atoms with van der Waals surface area (Å²) in [6.07, 6.45) is 1.52. The molecule has 5 heteroatoms. The largest absolute Gasteiger partial charge is 0.439 e. The fourth-order valence-electron chi connectivity index (χ4n) is 2.53. The molecular weight excluding hydrogens is 288 g/mol. The van der Waals surface area contributed by atoms with Crippen LogP contribution in [0.4, 0.5) is 5.82 Å². The van der Waals surface area contributed by atoms with Gasteiger partial charge in [0.25, 0.3) is 0 Å². The monoisotopic (exact) mass is 314 g/mol. The van der Waals surface area contributed by atoms with Gasteiger partial charge >= 0.3 is 0 Å². The van der Waals surface area contributed by atoms with Crippen LogP contribution in [0.1, 0.15) is 27.7 Å². The molecule has 0 atom stereocenters. The number of benzene rings is 1. The number of hydrogen-bond acceptors (Lipinski definition) is 5. The fraction of sp³-hybridized carbons (Fsp3) is 0.444. The van der Waals surface area contributed by atoms with Gasteiger partial charge in [0.1, 0.15) is 17.9 Å². The van der Waals surface area contributed by atoms with E-state index in [0.29, 0.717) is 18.0 Å². The molecule has 1 aromatic carbocycles. The highest BCUT2D eigenvalue weighted by Gasteiger charge is 2.12. The Hall–Kier alpha value is -2.14. The number of anilines is 1. The molecule has 23 heavy (non-hydrogen) atoms. The van der Waals surface area contributed by atoms with E-state index in [1.165, 1.54) is 6.33 Å². The van der Waals surface area contributed by atoms with Crippen LogP contribution < -0.4 is 10.1 Å². The van der Waals surface area contributed by atoms with E-state index in [1.54, 1.807) is 0 Å². The predicted octanol–water partition coefficient (Wildman–Crippen LogP) is 3.80. The van der Waals surface area contributed by atoms with Crippen molar-refractivity contribution in [2.75, 3.05) is 18.4 Å². The van der Waals surface area contributed by atoms with Crippen LogP contribution in [0, 0.1) is 0 Å². The molecule has 0 bridgehead atoms. The van der Waals surface area contributed by atoms with Crippen molar-refractivity contribution in [1.82, 2.24) is 14.9 Å². The van der Waals surface area contributed by atoms with Crippen molar-refractivity contribution in [2.24, 2.45) is 0 Å². The van der Waals surface area contributed by atoms with Gasteiger partial charge in [0, 0.05) is 31.2 Å². The zero-order valence-corrected chi connectivity index (χ0v) is 14.4. The van der Waals surface area contributed by atoms with Crippen LogP contribution in [0.2, 0.25) is 0 Å². The summed E-state index contributed by atoms with van der Waals surface area (Å²) >= 11 is 0. The van der Waals surface area contributed by atoms with Crippen molar-refractivity contribution in [3.8, 4) is 11.6 Å². The smallest absolute Gasteiger partial charge is 0.224 e. The first-order chi connectivity index (χ1) is 11.1. The maximum atomic E-state index is 5.72. The summed E-state index contributed by atoms with van der Waals surface area (Å²) in [6, 6.07) is 12.5. The van der Waals surface area contributed by atoms with Gasteiger partial charge in [-0.1, -0.05) is 18.2 Å². The van der Waals surface area contributed by atoms with Crippen LogP contribution in [0.25, 0.3) is 0 Å². The minimum atomic E-state index is 0.527. The molecule has 124 valence electrons. The topological polar surface area (TPSA) is 50.3 Å². The molecule has 1 heterocycles. The molecule has 0 radical (unpaired) electrons. The summed E-state index contributed by atoms with van der Waals surface area (Å²) in [6.45, 7) is 10.7. The average molecular weight is 314 g/mol. The number of hydrogen-bond donors (Lipinski definition) is 1. The third-order valence-corrected chi connectivity index (χ3v) is 3.61. The zero-order chi connectivity index (χ0) is 16.7. The SMILES string of the molecule is CC(C)N(CCNc1cc(Oc2ccccc2)ncn1)C(C)C. The molecule has 0 amide bonds. The third-order valence-electron chi connectivity index (χ3n) is 3.61. The Morgan fingerprint density at radius 1 is 1.04 bits per heavy atom. The second kappa shape index (κ2) is 8.48. The van der Waals surface area contributed by atoms with Gasteiger partial charge in [-0.2, -0.15) is 0 Å².